The van der Waals surface area contributed by atoms with Crippen molar-refractivity contribution in [3.8, 4) is 0 Å². The number of ether oxygens (including phenoxy) is 1. The van der Waals surface area contributed by atoms with Gasteiger partial charge in [-0.3, -0.25) is 9.59 Å². The zero-order valence-electron chi connectivity index (χ0n) is 12.0. The van der Waals surface area contributed by atoms with Gasteiger partial charge >= 0.3 is 5.97 Å². The quantitative estimate of drug-likeness (QED) is 0.783. The van der Waals surface area contributed by atoms with Crippen molar-refractivity contribution >= 4 is 17.3 Å². The minimum atomic E-state index is -0.281. The first-order valence-electron chi connectivity index (χ1n) is 7.62. The standard InChI is InChI=1S/C18H18O3/c1-10(19)21-18-15-9-14-12(8-16(20)17(14)18)7-13(15)11-5-3-2-4-6-11/h2-7,12,14-15,17-18H,8-9H2,1H3. The molecule has 3 aliphatic rings. The van der Waals surface area contributed by atoms with Gasteiger partial charge in [0.2, 0.25) is 0 Å². The number of Topliss-reactive ketones (excluding diaryl/α,β-unsaturated/α-hetero) is 1. The van der Waals surface area contributed by atoms with Crippen LogP contribution in [0.5, 0.6) is 0 Å². The highest BCUT2D eigenvalue weighted by Crippen LogP contribution is 2.57. The summed E-state index contributed by atoms with van der Waals surface area (Å²) in [5, 5.41) is 0. The molecule has 3 nitrogen and oxygen atoms in total. The third kappa shape index (κ3) is 1.87. The molecule has 21 heavy (non-hydrogen) atoms. The number of carbonyl (C=O) groups excluding carboxylic acids is 2. The molecule has 2 saturated carbocycles. The molecule has 0 aromatic heterocycles. The van der Waals surface area contributed by atoms with Gasteiger partial charge in [0.25, 0.3) is 0 Å². The van der Waals surface area contributed by atoms with Crippen molar-refractivity contribution in [1.82, 2.24) is 0 Å². The highest BCUT2D eigenvalue weighted by atomic mass is 16.5. The Hall–Kier alpha value is -1.90. The van der Waals surface area contributed by atoms with E-state index in [0.29, 0.717) is 18.3 Å². The normalized spacial score (nSPS) is 36.5. The van der Waals surface area contributed by atoms with E-state index < -0.39 is 0 Å². The summed E-state index contributed by atoms with van der Waals surface area (Å²) < 4.78 is 5.58. The molecule has 5 unspecified atom stereocenters. The average Bonchev–Trinajstić information content (AvgIpc) is 2.94. The van der Waals surface area contributed by atoms with Crippen LogP contribution in [-0.4, -0.2) is 17.9 Å². The molecule has 1 aromatic carbocycles. The number of ketones is 1. The highest BCUT2D eigenvalue weighted by Gasteiger charge is 2.58. The minimum absolute atomic E-state index is 0.0821. The van der Waals surface area contributed by atoms with Crippen LogP contribution in [0.15, 0.2) is 36.4 Å². The fraction of sp³-hybridized carbons (Fsp3) is 0.444. The van der Waals surface area contributed by atoms with Crippen LogP contribution in [0.4, 0.5) is 0 Å². The number of esters is 1. The van der Waals surface area contributed by atoms with Crippen LogP contribution in [0, 0.1) is 23.7 Å². The molecule has 3 heteroatoms. The van der Waals surface area contributed by atoms with Gasteiger partial charge in [-0.2, -0.15) is 0 Å². The van der Waals surface area contributed by atoms with E-state index >= 15 is 0 Å². The van der Waals surface area contributed by atoms with E-state index in [-0.39, 0.29) is 29.7 Å². The van der Waals surface area contributed by atoms with Crippen LogP contribution < -0.4 is 0 Å². The van der Waals surface area contributed by atoms with Crippen LogP contribution >= 0.6 is 0 Å². The minimum Gasteiger partial charge on any atom is -0.461 e. The maximum Gasteiger partial charge on any atom is 0.302 e. The molecule has 0 spiro atoms. The molecule has 0 N–H and O–H groups in total. The maximum absolute atomic E-state index is 12.3. The Bertz CT molecular complexity index is 631. The first-order chi connectivity index (χ1) is 10.1. The maximum atomic E-state index is 12.3. The molecule has 0 radical (unpaired) electrons. The van der Waals surface area contributed by atoms with Crippen LogP contribution in [0.2, 0.25) is 0 Å². The summed E-state index contributed by atoms with van der Waals surface area (Å²) >= 11 is 0. The number of fused-ring (bicyclic) bond motifs is 1. The Kier molecular flexibility index (Phi) is 2.78. The van der Waals surface area contributed by atoms with Crippen molar-refractivity contribution in [2.45, 2.75) is 25.9 Å². The lowest BCUT2D eigenvalue weighted by Gasteiger charge is -2.28. The van der Waals surface area contributed by atoms with E-state index in [4.69, 9.17) is 4.74 Å². The second-order valence-electron chi connectivity index (χ2n) is 6.43. The third-order valence-corrected chi connectivity index (χ3v) is 5.30. The second kappa shape index (κ2) is 4.55. The van der Waals surface area contributed by atoms with Crippen LogP contribution in [0.3, 0.4) is 0 Å². The molecule has 1 aromatic rings. The molecule has 0 heterocycles. The number of allylic oxidation sites excluding steroid dienone is 1. The monoisotopic (exact) mass is 282 g/mol. The number of hydrogen-bond donors (Lipinski definition) is 0. The lowest BCUT2D eigenvalue weighted by Crippen LogP contribution is -2.31. The van der Waals surface area contributed by atoms with Gasteiger partial charge in [-0.15, -0.1) is 0 Å². The summed E-state index contributed by atoms with van der Waals surface area (Å²) in [5.74, 6) is 0.792. The lowest BCUT2D eigenvalue weighted by atomic mass is 9.79. The second-order valence-corrected chi connectivity index (χ2v) is 6.43. The summed E-state index contributed by atoms with van der Waals surface area (Å²) in [6, 6.07) is 10.3. The van der Waals surface area contributed by atoms with Crippen LogP contribution in [0.1, 0.15) is 25.3 Å². The van der Waals surface area contributed by atoms with E-state index in [0.717, 1.165) is 6.42 Å². The van der Waals surface area contributed by atoms with E-state index in [2.05, 4.69) is 18.2 Å². The van der Waals surface area contributed by atoms with Gasteiger partial charge in [-0.05, 0) is 29.4 Å². The van der Waals surface area contributed by atoms with Crippen LogP contribution in [0.25, 0.3) is 5.57 Å². The van der Waals surface area contributed by atoms with Gasteiger partial charge in [-0.1, -0.05) is 36.4 Å². The first kappa shape index (κ1) is 12.8. The number of carbonyl (C=O) groups is 2. The van der Waals surface area contributed by atoms with Crippen molar-refractivity contribution < 1.29 is 14.3 Å². The fourth-order valence-corrected chi connectivity index (χ4v) is 4.58. The third-order valence-electron chi connectivity index (χ3n) is 5.30. The van der Waals surface area contributed by atoms with Gasteiger partial charge in [0.05, 0.1) is 5.92 Å². The largest absolute Gasteiger partial charge is 0.461 e. The molecule has 3 aliphatic carbocycles. The molecule has 5 atom stereocenters. The van der Waals surface area contributed by atoms with Gasteiger partial charge in [0.1, 0.15) is 11.9 Å². The zero-order valence-corrected chi connectivity index (χ0v) is 12.0. The van der Waals surface area contributed by atoms with Crippen LogP contribution in [-0.2, 0) is 14.3 Å². The summed E-state index contributed by atoms with van der Waals surface area (Å²) in [7, 11) is 0. The Labute approximate surface area is 124 Å². The Morgan fingerprint density at radius 2 is 2.00 bits per heavy atom. The first-order valence-corrected chi connectivity index (χ1v) is 7.62. The number of hydrogen-bond acceptors (Lipinski definition) is 3. The summed E-state index contributed by atoms with van der Waals surface area (Å²) in [4.78, 5) is 23.7. The number of benzene rings is 1. The molecular formula is C18H18O3. The van der Waals surface area contributed by atoms with Crippen molar-refractivity contribution in [2.24, 2.45) is 23.7 Å². The van der Waals surface area contributed by atoms with Crippen molar-refractivity contribution in [3.05, 3.63) is 42.0 Å². The molecule has 0 aliphatic heterocycles. The van der Waals surface area contributed by atoms with Gasteiger partial charge in [0, 0.05) is 19.3 Å². The van der Waals surface area contributed by atoms with Gasteiger partial charge in [0.15, 0.2) is 0 Å². The molecule has 0 amide bonds. The van der Waals surface area contributed by atoms with Gasteiger partial charge in [-0.25, -0.2) is 0 Å². The molecular weight excluding hydrogens is 264 g/mol. The average molecular weight is 282 g/mol. The topological polar surface area (TPSA) is 43.4 Å². The Balaban J connectivity index is 1.77. The lowest BCUT2D eigenvalue weighted by molar-refractivity contribution is -0.150. The van der Waals surface area contributed by atoms with E-state index in [1.807, 2.05) is 18.2 Å². The summed E-state index contributed by atoms with van der Waals surface area (Å²) in [5.41, 5.74) is 2.45. The van der Waals surface area contributed by atoms with Crippen molar-refractivity contribution in [3.63, 3.8) is 0 Å². The fourth-order valence-electron chi connectivity index (χ4n) is 4.58. The zero-order chi connectivity index (χ0) is 14.6. The molecule has 108 valence electrons. The number of rotatable bonds is 2. The predicted molar refractivity (Wildman–Crippen MR) is 78.2 cm³/mol. The van der Waals surface area contributed by atoms with E-state index in [9.17, 15) is 9.59 Å². The van der Waals surface area contributed by atoms with Crippen molar-refractivity contribution in [2.75, 3.05) is 0 Å². The van der Waals surface area contributed by atoms with Gasteiger partial charge < -0.3 is 4.74 Å². The smallest absolute Gasteiger partial charge is 0.302 e. The molecule has 4 rings (SSSR count). The predicted octanol–water partition coefficient (Wildman–Crippen LogP) is 2.86. The van der Waals surface area contributed by atoms with E-state index in [1.165, 1.54) is 18.1 Å². The molecule has 2 bridgehead atoms. The summed E-state index contributed by atoms with van der Waals surface area (Å²) in [6.45, 7) is 1.44. The highest BCUT2D eigenvalue weighted by molar-refractivity contribution is 5.88. The van der Waals surface area contributed by atoms with Crippen molar-refractivity contribution in [1.29, 1.82) is 0 Å². The Morgan fingerprint density at radius 3 is 2.71 bits per heavy atom. The SMILES string of the molecule is CC(=O)OC1C2CC3C(C=C2c2ccccc2)CC(=O)C31. The Morgan fingerprint density at radius 1 is 1.24 bits per heavy atom. The molecule has 0 saturated heterocycles. The molecule has 2 fully saturated rings. The summed E-state index contributed by atoms with van der Waals surface area (Å²) in [6.07, 6.45) is 3.59. The van der Waals surface area contributed by atoms with E-state index in [1.54, 1.807) is 0 Å².